The maximum absolute atomic E-state index is 12.4. The Kier molecular flexibility index (Phi) is 6.71. The monoisotopic (exact) mass is 389 g/mol. The summed E-state index contributed by atoms with van der Waals surface area (Å²) < 4.78 is 7.28. The molecule has 0 aliphatic heterocycles. The fraction of sp³-hybridized carbons (Fsp3) is 0.579. The number of thioether (sulfide) groups is 1. The summed E-state index contributed by atoms with van der Waals surface area (Å²) in [5, 5.41) is 15.7. The fourth-order valence-corrected chi connectivity index (χ4v) is 4.19. The summed E-state index contributed by atoms with van der Waals surface area (Å²) >= 11 is 1.33. The van der Waals surface area contributed by atoms with Crippen molar-refractivity contribution in [3.63, 3.8) is 0 Å². The summed E-state index contributed by atoms with van der Waals surface area (Å²) in [6, 6.07) is 7.86. The van der Waals surface area contributed by atoms with E-state index in [1.165, 1.54) is 24.6 Å². The van der Waals surface area contributed by atoms with Gasteiger partial charge in [-0.05, 0) is 47.7 Å². The normalized spacial score (nSPS) is 22.4. The molecule has 1 heterocycles. The van der Waals surface area contributed by atoms with Crippen LogP contribution < -0.4 is 10.1 Å². The molecule has 0 spiro atoms. The van der Waals surface area contributed by atoms with Gasteiger partial charge in [0.05, 0.1) is 12.4 Å². The van der Waals surface area contributed by atoms with E-state index in [-0.39, 0.29) is 17.7 Å². The molecule has 3 rings (SSSR count). The highest BCUT2D eigenvalue weighted by Crippen LogP contribution is 2.30. The zero-order valence-corrected chi connectivity index (χ0v) is 16.9. The minimum absolute atomic E-state index is 0.0265. The van der Waals surface area contributed by atoms with Crippen molar-refractivity contribution < 1.29 is 9.53 Å². The van der Waals surface area contributed by atoms with Crippen LogP contribution in [0.1, 0.15) is 40.0 Å². The molecule has 1 aromatic heterocycles. The summed E-state index contributed by atoms with van der Waals surface area (Å²) in [6.07, 6.45) is 3.48. The van der Waals surface area contributed by atoms with Crippen molar-refractivity contribution >= 4 is 17.7 Å². The van der Waals surface area contributed by atoms with E-state index < -0.39 is 0 Å². The van der Waals surface area contributed by atoms with E-state index >= 15 is 0 Å². The molecule has 27 heavy (non-hydrogen) atoms. The molecule has 1 N–H and O–H groups in total. The van der Waals surface area contributed by atoms with Crippen molar-refractivity contribution in [1.82, 2.24) is 25.5 Å². The average molecular weight is 390 g/mol. The maximum atomic E-state index is 12.4. The number of aromatic nitrogens is 4. The second kappa shape index (κ2) is 9.21. The molecule has 0 saturated heterocycles. The van der Waals surface area contributed by atoms with Crippen molar-refractivity contribution in [3.8, 4) is 11.4 Å². The molecule has 8 heteroatoms. The SMILES string of the molecule is CCOc1ccccc1-n1nnnc1SCC(=O)N[C@H]1CCC[C@H](C)[C@@H]1C. The molecule has 1 fully saturated rings. The van der Waals surface area contributed by atoms with Gasteiger partial charge in [0.25, 0.3) is 0 Å². The first kappa shape index (κ1) is 19.7. The third kappa shape index (κ3) is 4.80. The largest absolute Gasteiger partial charge is 0.492 e. The van der Waals surface area contributed by atoms with E-state index in [4.69, 9.17) is 4.74 Å². The summed E-state index contributed by atoms with van der Waals surface area (Å²) in [5.41, 5.74) is 0.766. The number of nitrogens with zero attached hydrogens (tertiary/aromatic N) is 4. The molecule has 0 unspecified atom stereocenters. The van der Waals surface area contributed by atoms with Gasteiger partial charge >= 0.3 is 0 Å². The van der Waals surface area contributed by atoms with Crippen LogP contribution in [0.3, 0.4) is 0 Å². The van der Waals surface area contributed by atoms with E-state index in [0.717, 1.165) is 12.1 Å². The van der Waals surface area contributed by atoms with Gasteiger partial charge in [-0.1, -0.05) is 50.6 Å². The zero-order chi connectivity index (χ0) is 19.2. The van der Waals surface area contributed by atoms with Crippen LogP contribution >= 0.6 is 11.8 Å². The van der Waals surface area contributed by atoms with Crippen LogP contribution in [-0.4, -0.2) is 44.5 Å². The molecule has 1 aliphatic carbocycles. The number of benzene rings is 1. The topological polar surface area (TPSA) is 81.9 Å². The number of tetrazole rings is 1. The molecule has 1 aliphatic rings. The minimum atomic E-state index is 0.0265. The van der Waals surface area contributed by atoms with Crippen LogP contribution in [0.15, 0.2) is 29.4 Å². The van der Waals surface area contributed by atoms with Gasteiger partial charge in [0.1, 0.15) is 11.4 Å². The molecule has 2 aromatic rings. The van der Waals surface area contributed by atoms with E-state index in [0.29, 0.717) is 29.3 Å². The molecule has 1 aromatic carbocycles. The summed E-state index contributed by atoms with van der Waals surface area (Å²) in [5.74, 6) is 2.19. The van der Waals surface area contributed by atoms with Crippen LogP contribution in [-0.2, 0) is 4.79 Å². The molecule has 0 radical (unpaired) electrons. The first-order valence-electron chi connectivity index (χ1n) is 9.53. The lowest BCUT2D eigenvalue weighted by Gasteiger charge is -2.34. The molecule has 0 bridgehead atoms. The van der Waals surface area contributed by atoms with Crippen LogP contribution in [0.4, 0.5) is 0 Å². The lowest BCUT2D eigenvalue weighted by Crippen LogP contribution is -2.44. The van der Waals surface area contributed by atoms with Gasteiger partial charge in [0, 0.05) is 6.04 Å². The number of ether oxygens (including phenoxy) is 1. The van der Waals surface area contributed by atoms with Crippen molar-refractivity contribution in [2.45, 2.75) is 51.2 Å². The molecule has 7 nitrogen and oxygen atoms in total. The van der Waals surface area contributed by atoms with Crippen molar-refractivity contribution in [2.75, 3.05) is 12.4 Å². The van der Waals surface area contributed by atoms with Crippen LogP contribution in [0, 0.1) is 11.8 Å². The average Bonchev–Trinajstić information content (AvgIpc) is 3.13. The van der Waals surface area contributed by atoms with Crippen LogP contribution in [0.25, 0.3) is 5.69 Å². The standard InChI is InChI=1S/C19H27N5O2S/c1-4-26-17-11-6-5-10-16(17)24-19(21-22-23-24)27-12-18(25)20-15-9-7-8-13(2)14(15)3/h5-6,10-11,13-15H,4,7-9,12H2,1-3H3,(H,20,25)/t13-,14-,15-/m0/s1. The number of rotatable bonds is 7. The lowest BCUT2D eigenvalue weighted by molar-refractivity contribution is -0.120. The Hall–Kier alpha value is -2.09. The number of para-hydroxylation sites is 2. The van der Waals surface area contributed by atoms with E-state index in [2.05, 4.69) is 34.7 Å². The maximum Gasteiger partial charge on any atom is 0.230 e. The highest BCUT2D eigenvalue weighted by atomic mass is 32.2. The predicted octanol–water partition coefficient (Wildman–Crippen LogP) is 3.09. The van der Waals surface area contributed by atoms with Gasteiger partial charge in [-0.25, -0.2) is 0 Å². The number of hydrogen-bond acceptors (Lipinski definition) is 6. The summed E-state index contributed by atoms with van der Waals surface area (Å²) in [7, 11) is 0. The highest BCUT2D eigenvalue weighted by molar-refractivity contribution is 7.99. The summed E-state index contributed by atoms with van der Waals surface area (Å²) in [4.78, 5) is 12.4. The number of carbonyl (C=O) groups excluding carboxylic acids is 1. The number of carbonyl (C=O) groups is 1. The van der Waals surface area contributed by atoms with Gasteiger partial charge < -0.3 is 10.1 Å². The molecule has 1 saturated carbocycles. The number of nitrogens with one attached hydrogen (secondary N) is 1. The Morgan fingerprint density at radius 2 is 2.15 bits per heavy atom. The zero-order valence-electron chi connectivity index (χ0n) is 16.1. The minimum Gasteiger partial charge on any atom is -0.492 e. The van der Waals surface area contributed by atoms with E-state index in [9.17, 15) is 4.79 Å². The predicted molar refractivity (Wildman–Crippen MR) is 105 cm³/mol. The Balaban J connectivity index is 1.63. The second-order valence-electron chi connectivity index (χ2n) is 7.00. The molecular weight excluding hydrogens is 362 g/mol. The molecular formula is C19H27N5O2S. The third-order valence-corrected chi connectivity index (χ3v) is 6.14. The van der Waals surface area contributed by atoms with Gasteiger partial charge in [0.15, 0.2) is 0 Å². The molecule has 3 atom stereocenters. The van der Waals surface area contributed by atoms with E-state index in [1.54, 1.807) is 4.68 Å². The third-order valence-electron chi connectivity index (χ3n) is 5.22. The van der Waals surface area contributed by atoms with Gasteiger partial charge in [-0.3, -0.25) is 4.79 Å². The molecule has 146 valence electrons. The smallest absolute Gasteiger partial charge is 0.230 e. The van der Waals surface area contributed by atoms with E-state index in [1.807, 2.05) is 31.2 Å². The quantitative estimate of drug-likeness (QED) is 0.733. The van der Waals surface area contributed by atoms with Crippen molar-refractivity contribution in [2.24, 2.45) is 11.8 Å². The van der Waals surface area contributed by atoms with Crippen LogP contribution in [0.5, 0.6) is 5.75 Å². The summed E-state index contributed by atoms with van der Waals surface area (Å²) in [6.45, 7) is 6.99. The van der Waals surface area contributed by atoms with Gasteiger partial charge in [0.2, 0.25) is 11.1 Å². The number of hydrogen-bond donors (Lipinski definition) is 1. The highest BCUT2D eigenvalue weighted by Gasteiger charge is 2.28. The Morgan fingerprint density at radius 3 is 2.96 bits per heavy atom. The Morgan fingerprint density at radius 1 is 1.33 bits per heavy atom. The van der Waals surface area contributed by atoms with Crippen LogP contribution in [0.2, 0.25) is 0 Å². The Bertz CT molecular complexity index is 766. The van der Waals surface area contributed by atoms with Gasteiger partial charge in [-0.2, -0.15) is 4.68 Å². The fourth-order valence-electron chi connectivity index (χ4n) is 3.49. The van der Waals surface area contributed by atoms with Crippen molar-refractivity contribution in [3.05, 3.63) is 24.3 Å². The first-order valence-corrected chi connectivity index (χ1v) is 10.5. The lowest BCUT2D eigenvalue weighted by atomic mass is 9.78. The second-order valence-corrected chi connectivity index (χ2v) is 7.95. The molecule has 1 amide bonds. The van der Waals surface area contributed by atoms with Gasteiger partial charge in [-0.15, -0.1) is 5.10 Å². The Labute approximate surface area is 164 Å². The van der Waals surface area contributed by atoms with Crippen molar-refractivity contribution in [1.29, 1.82) is 0 Å². The first-order chi connectivity index (χ1) is 13.1. The number of amides is 1.